The Kier molecular flexibility index (Phi) is 2.27. The summed E-state index contributed by atoms with van der Waals surface area (Å²) in [4.78, 5) is 0. The van der Waals surface area contributed by atoms with Gasteiger partial charge in [0, 0.05) is 6.54 Å². The Balaban J connectivity index is 2.90. The summed E-state index contributed by atoms with van der Waals surface area (Å²) in [5.41, 5.74) is 0.976. The zero-order chi connectivity index (χ0) is 7.56. The minimum atomic E-state index is -0.00468. The van der Waals surface area contributed by atoms with E-state index >= 15 is 0 Å². The lowest BCUT2D eigenvalue weighted by Crippen LogP contribution is -2.02. The Hall–Kier alpha value is -0.570. The van der Waals surface area contributed by atoms with Crippen LogP contribution in [-0.2, 0) is 6.54 Å². The van der Waals surface area contributed by atoms with Gasteiger partial charge in [-0.2, -0.15) is 0 Å². The van der Waals surface area contributed by atoms with Crippen LogP contribution in [0.1, 0.15) is 24.9 Å². The maximum atomic E-state index is 5.83. The molecule has 1 rings (SSSR count). The van der Waals surface area contributed by atoms with E-state index in [-0.39, 0.29) is 5.38 Å². The zero-order valence-corrected chi connectivity index (χ0v) is 6.84. The van der Waals surface area contributed by atoms with Gasteiger partial charge in [0.15, 0.2) is 0 Å². The second-order valence-corrected chi connectivity index (χ2v) is 2.75. The van der Waals surface area contributed by atoms with Crippen LogP contribution >= 0.6 is 11.6 Å². The predicted molar refractivity (Wildman–Crippen MR) is 40.0 cm³/mol. The van der Waals surface area contributed by atoms with E-state index in [1.807, 2.05) is 13.8 Å². The first kappa shape index (κ1) is 7.54. The molecule has 1 aromatic rings. The highest BCUT2D eigenvalue weighted by molar-refractivity contribution is 6.20. The Morgan fingerprint density at radius 1 is 1.80 bits per heavy atom. The van der Waals surface area contributed by atoms with Crippen LogP contribution < -0.4 is 0 Å². The maximum absolute atomic E-state index is 5.83. The van der Waals surface area contributed by atoms with Crippen molar-refractivity contribution in [2.75, 3.05) is 0 Å². The molecule has 0 aromatic carbocycles. The highest BCUT2D eigenvalue weighted by atomic mass is 35.5. The Morgan fingerprint density at radius 2 is 2.50 bits per heavy atom. The van der Waals surface area contributed by atoms with E-state index in [2.05, 4.69) is 10.3 Å². The largest absolute Gasteiger partial charge is 0.248 e. The van der Waals surface area contributed by atoms with Crippen LogP contribution in [0.15, 0.2) is 6.20 Å². The molecule has 56 valence electrons. The van der Waals surface area contributed by atoms with Gasteiger partial charge in [-0.1, -0.05) is 5.21 Å². The van der Waals surface area contributed by atoms with Gasteiger partial charge in [0.2, 0.25) is 0 Å². The number of rotatable bonds is 2. The number of aromatic nitrogens is 3. The van der Waals surface area contributed by atoms with Gasteiger partial charge in [0.1, 0.15) is 0 Å². The van der Waals surface area contributed by atoms with Crippen LogP contribution in [-0.4, -0.2) is 15.0 Å². The first-order valence-electron chi connectivity index (χ1n) is 3.28. The van der Waals surface area contributed by atoms with Crippen LogP contribution in [0.3, 0.4) is 0 Å². The number of nitrogens with zero attached hydrogens (tertiary/aromatic N) is 3. The molecule has 0 N–H and O–H groups in total. The molecule has 0 aliphatic rings. The van der Waals surface area contributed by atoms with Gasteiger partial charge in [0.25, 0.3) is 0 Å². The van der Waals surface area contributed by atoms with E-state index in [1.165, 1.54) is 0 Å². The lowest BCUT2D eigenvalue weighted by molar-refractivity contribution is 0.597. The summed E-state index contributed by atoms with van der Waals surface area (Å²) in [6, 6.07) is 0. The minimum absolute atomic E-state index is 0.00468. The van der Waals surface area contributed by atoms with Crippen LogP contribution in [0.2, 0.25) is 0 Å². The molecule has 0 fully saturated rings. The fourth-order valence-corrected chi connectivity index (χ4v) is 0.988. The molecule has 0 amide bonds. The monoisotopic (exact) mass is 159 g/mol. The van der Waals surface area contributed by atoms with Crippen LogP contribution in [0.25, 0.3) is 0 Å². The van der Waals surface area contributed by atoms with Crippen molar-refractivity contribution in [3.63, 3.8) is 0 Å². The molecule has 1 atom stereocenters. The van der Waals surface area contributed by atoms with E-state index in [4.69, 9.17) is 11.6 Å². The van der Waals surface area contributed by atoms with Gasteiger partial charge in [-0.05, 0) is 13.8 Å². The summed E-state index contributed by atoms with van der Waals surface area (Å²) in [5.74, 6) is 0. The summed E-state index contributed by atoms with van der Waals surface area (Å²) in [6.45, 7) is 4.75. The highest BCUT2D eigenvalue weighted by Crippen LogP contribution is 2.16. The van der Waals surface area contributed by atoms with E-state index in [1.54, 1.807) is 10.9 Å². The number of alkyl halides is 1. The molecule has 1 unspecified atom stereocenters. The van der Waals surface area contributed by atoms with Gasteiger partial charge in [-0.25, -0.2) is 4.68 Å². The first-order chi connectivity index (χ1) is 4.75. The summed E-state index contributed by atoms with van der Waals surface area (Å²) < 4.78 is 1.79. The lowest BCUT2D eigenvalue weighted by atomic mass is 10.3. The third-order valence-electron chi connectivity index (χ3n) is 1.35. The van der Waals surface area contributed by atoms with Gasteiger partial charge < -0.3 is 0 Å². The predicted octanol–water partition coefficient (Wildman–Crippen LogP) is 1.60. The van der Waals surface area contributed by atoms with Crippen molar-refractivity contribution < 1.29 is 0 Å². The maximum Gasteiger partial charge on any atom is 0.0762 e. The number of hydrogen-bond acceptors (Lipinski definition) is 2. The molecular weight excluding hydrogens is 150 g/mol. The lowest BCUT2D eigenvalue weighted by Gasteiger charge is -2.02. The van der Waals surface area contributed by atoms with Crippen LogP contribution in [0.4, 0.5) is 0 Å². The second kappa shape index (κ2) is 3.01. The molecule has 4 heteroatoms. The number of aryl methyl sites for hydroxylation is 1. The molecule has 3 nitrogen and oxygen atoms in total. The van der Waals surface area contributed by atoms with Crippen molar-refractivity contribution >= 4 is 11.6 Å². The minimum Gasteiger partial charge on any atom is -0.248 e. The molecule has 1 heterocycles. The van der Waals surface area contributed by atoms with Gasteiger partial charge >= 0.3 is 0 Å². The fourth-order valence-electron chi connectivity index (χ4n) is 0.819. The normalized spacial score (nSPS) is 13.5. The number of halogens is 1. The second-order valence-electron chi connectivity index (χ2n) is 2.09. The molecular formula is C6H10ClN3. The number of hydrogen-bond donors (Lipinski definition) is 0. The molecule has 1 aromatic heterocycles. The summed E-state index contributed by atoms with van der Waals surface area (Å²) in [5, 5.41) is 7.58. The molecule has 0 saturated heterocycles. The van der Waals surface area contributed by atoms with Crippen molar-refractivity contribution in [2.24, 2.45) is 0 Å². The van der Waals surface area contributed by atoms with E-state index in [0.29, 0.717) is 0 Å². The quantitative estimate of drug-likeness (QED) is 0.614. The molecule has 0 aliphatic heterocycles. The molecule has 0 spiro atoms. The van der Waals surface area contributed by atoms with Crippen molar-refractivity contribution in [3.05, 3.63) is 11.9 Å². The van der Waals surface area contributed by atoms with E-state index < -0.39 is 0 Å². The zero-order valence-electron chi connectivity index (χ0n) is 6.08. The molecule has 0 radical (unpaired) electrons. The van der Waals surface area contributed by atoms with Gasteiger partial charge in [-0.15, -0.1) is 16.7 Å². The average molecular weight is 160 g/mol. The van der Waals surface area contributed by atoms with Crippen molar-refractivity contribution in [1.82, 2.24) is 15.0 Å². The van der Waals surface area contributed by atoms with Crippen molar-refractivity contribution in [3.8, 4) is 0 Å². The Bertz CT molecular complexity index is 207. The summed E-state index contributed by atoms with van der Waals surface area (Å²) >= 11 is 5.83. The Labute approximate surface area is 65.0 Å². The van der Waals surface area contributed by atoms with Crippen molar-refractivity contribution in [1.29, 1.82) is 0 Å². The smallest absolute Gasteiger partial charge is 0.0762 e. The SMILES string of the molecule is CCn1nncc1C(C)Cl. The standard InChI is InChI=1S/C6H10ClN3/c1-3-10-6(5(2)7)4-8-9-10/h4-5H,3H2,1-2H3. The summed E-state index contributed by atoms with van der Waals surface area (Å²) in [6.07, 6.45) is 1.70. The third kappa shape index (κ3) is 1.29. The molecule has 0 aliphatic carbocycles. The first-order valence-corrected chi connectivity index (χ1v) is 3.71. The van der Waals surface area contributed by atoms with E-state index in [9.17, 15) is 0 Å². The van der Waals surface area contributed by atoms with Gasteiger partial charge in [0.05, 0.1) is 17.3 Å². The molecule has 10 heavy (non-hydrogen) atoms. The third-order valence-corrected chi connectivity index (χ3v) is 1.58. The van der Waals surface area contributed by atoms with E-state index in [0.717, 1.165) is 12.2 Å². The molecule has 0 bridgehead atoms. The highest BCUT2D eigenvalue weighted by Gasteiger charge is 2.06. The van der Waals surface area contributed by atoms with Crippen LogP contribution in [0.5, 0.6) is 0 Å². The Morgan fingerprint density at radius 3 is 2.90 bits per heavy atom. The topological polar surface area (TPSA) is 30.7 Å². The fraction of sp³-hybridized carbons (Fsp3) is 0.667. The van der Waals surface area contributed by atoms with Gasteiger partial charge in [-0.3, -0.25) is 0 Å². The average Bonchev–Trinajstić information content (AvgIpc) is 2.33. The summed E-state index contributed by atoms with van der Waals surface area (Å²) in [7, 11) is 0. The molecule has 0 saturated carbocycles. The van der Waals surface area contributed by atoms with Crippen LogP contribution in [0, 0.1) is 0 Å². The van der Waals surface area contributed by atoms with Crippen molar-refractivity contribution in [2.45, 2.75) is 25.8 Å².